The van der Waals surface area contributed by atoms with Gasteiger partial charge in [-0.2, -0.15) is 5.26 Å². The van der Waals surface area contributed by atoms with Crippen LogP contribution < -0.4 is 5.73 Å². The SMILES string of the molecule is N#CC[C@@H](N)c1cccc(Cl)c1O. The highest BCUT2D eigenvalue weighted by atomic mass is 35.5. The molecule has 4 heteroatoms. The van der Waals surface area contributed by atoms with Gasteiger partial charge in [0, 0.05) is 11.6 Å². The summed E-state index contributed by atoms with van der Waals surface area (Å²) in [6.45, 7) is 0. The van der Waals surface area contributed by atoms with Gasteiger partial charge < -0.3 is 10.8 Å². The standard InChI is InChI=1S/C9H9ClN2O/c10-7-3-1-2-6(9(7)13)8(12)4-5-11/h1-3,8,13H,4,12H2/t8-/m1/s1. The van der Waals surface area contributed by atoms with E-state index >= 15 is 0 Å². The van der Waals surface area contributed by atoms with Gasteiger partial charge in [0.1, 0.15) is 5.75 Å². The van der Waals surface area contributed by atoms with Crippen LogP contribution in [0.15, 0.2) is 18.2 Å². The maximum absolute atomic E-state index is 9.47. The Hall–Kier alpha value is -1.24. The summed E-state index contributed by atoms with van der Waals surface area (Å²) in [7, 11) is 0. The molecule has 0 unspecified atom stereocenters. The van der Waals surface area contributed by atoms with Crippen LogP contribution in [0, 0.1) is 11.3 Å². The zero-order chi connectivity index (χ0) is 9.84. The molecule has 1 aromatic carbocycles. The number of aromatic hydroxyl groups is 1. The van der Waals surface area contributed by atoms with E-state index in [-0.39, 0.29) is 17.2 Å². The molecule has 0 aromatic heterocycles. The number of phenols is 1. The van der Waals surface area contributed by atoms with Crippen molar-refractivity contribution in [2.45, 2.75) is 12.5 Å². The van der Waals surface area contributed by atoms with Crippen LogP contribution in [-0.4, -0.2) is 5.11 Å². The largest absolute Gasteiger partial charge is 0.506 e. The van der Waals surface area contributed by atoms with Crippen LogP contribution in [0.5, 0.6) is 5.75 Å². The zero-order valence-corrected chi connectivity index (χ0v) is 7.62. The smallest absolute Gasteiger partial charge is 0.138 e. The van der Waals surface area contributed by atoms with Crippen LogP contribution >= 0.6 is 11.6 Å². The van der Waals surface area contributed by atoms with Crippen LogP contribution in [0.3, 0.4) is 0 Å². The Labute approximate surface area is 81.4 Å². The second-order valence-electron chi connectivity index (χ2n) is 2.65. The Kier molecular flexibility index (Phi) is 3.13. The number of nitrogens with zero attached hydrogens (tertiary/aromatic N) is 1. The first kappa shape index (κ1) is 9.85. The first-order chi connectivity index (χ1) is 6.16. The van der Waals surface area contributed by atoms with Crippen molar-refractivity contribution in [1.82, 2.24) is 0 Å². The number of para-hydroxylation sites is 1. The third kappa shape index (κ3) is 2.11. The maximum atomic E-state index is 9.47. The number of rotatable bonds is 2. The van der Waals surface area contributed by atoms with Gasteiger partial charge >= 0.3 is 0 Å². The van der Waals surface area contributed by atoms with E-state index in [4.69, 9.17) is 22.6 Å². The monoisotopic (exact) mass is 196 g/mol. The molecule has 1 atom stereocenters. The highest BCUT2D eigenvalue weighted by molar-refractivity contribution is 6.32. The van der Waals surface area contributed by atoms with E-state index < -0.39 is 6.04 Å². The molecular formula is C9H9ClN2O. The van der Waals surface area contributed by atoms with Crippen LogP contribution in [0.1, 0.15) is 18.0 Å². The van der Waals surface area contributed by atoms with E-state index in [9.17, 15) is 5.11 Å². The lowest BCUT2D eigenvalue weighted by atomic mass is 10.0. The van der Waals surface area contributed by atoms with E-state index in [0.717, 1.165) is 0 Å². The lowest BCUT2D eigenvalue weighted by Crippen LogP contribution is -2.09. The van der Waals surface area contributed by atoms with Crippen molar-refractivity contribution in [2.75, 3.05) is 0 Å². The second kappa shape index (κ2) is 4.13. The summed E-state index contributed by atoms with van der Waals surface area (Å²) in [4.78, 5) is 0. The molecule has 1 rings (SSSR count). The summed E-state index contributed by atoms with van der Waals surface area (Å²) in [5, 5.41) is 18.1. The molecule has 0 spiro atoms. The number of nitrogens with two attached hydrogens (primary N) is 1. The molecule has 0 aliphatic rings. The van der Waals surface area contributed by atoms with Crippen LogP contribution in [0.25, 0.3) is 0 Å². The average molecular weight is 197 g/mol. The molecular weight excluding hydrogens is 188 g/mol. The lowest BCUT2D eigenvalue weighted by molar-refractivity contribution is 0.462. The number of hydrogen-bond acceptors (Lipinski definition) is 3. The topological polar surface area (TPSA) is 70.0 Å². The van der Waals surface area contributed by atoms with Gasteiger partial charge in [-0.1, -0.05) is 23.7 Å². The van der Waals surface area contributed by atoms with Crippen LogP contribution in [0.2, 0.25) is 5.02 Å². The highest BCUT2D eigenvalue weighted by Gasteiger charge is 2.11. The predicted octanol–water partition coefficient (Wildman–Crippen LogP) is 1.96. The number of nitriles is 1. The van der Waals surface area contributed by atoms with Crippen molar-refractivity contribution >= 4 is 11.6 Å². The van der Waals surface area contributed by atoms with E-state index in [2.05, 4.69) is 0 Å². The van der Waals surface area contributed by atoms with Crippen molar-refractivity contribution in [2.24, 2.45) is 5.73 Å². The van der Waals surface area contributed by atoms with Crippen molar-refractivity contribution in [3.8, 4) is 11.8 Å². The van der Waals surface area contributed by atoms with E-state index in [1.165, 1.54) is 0 Å². The lowest BCUT2D eigenvalue weighted by Gasteiger charge is -2.10. The van der Waals surface area contributed by atoms with E-state index in [1.807, 2.05) is 6.07 Å². The molecule has 0 radical (unpaired) electrons. The molecule has 0 fully saturated rings. The van der Waals surface area contributed by atoms with Crippen molar-refractivity contribution < 1.29 is 5.11 Å². The Morgan fingerprint density at radius 1 is 1.62 bits per heavy atom. The number of hydrogen-bond donors (Lipinski definition) is 2. The summed E-state index contributed by atoms with van der Waals surface area (Å²) in [5.74, 6) is -0.0353. The van der Waals surface area contributed by atoms with Crippen LogP contribution in [-0.2, 0) is 0 Å². The minimum absolute atomic E-state index is 0.0353. The van der Waals surface area contributed by atoms with Gasteiger partial charge in [-0.15, -0.1) is 0 Å². The van der Waals surface area contributed by atoms with Gasteiger partial charge in [0.05, 0.1) is 17.5 Å². The zero-order valence-electron chi connectivity index (χ0n) is 6.87. The Morgan fingerprint density at radius 3 is 2.92 bits per heavy atom. The number of phenolic OH excluding ortho intramolecular Hbond substituents is 1. The minimum atomic E-state index is -0.483. The second-order valence-corrected chi connectivity index (χ2v) is 3.05. The molecule has 3 nitrogen and oxygen atoms in total. The molecule has 0 aliphatic carbocycles. The van der Waals surface area contributed by atoms with Gasteiger partial charge in [0.25, 0.3) is 0 Å². The number of benzene rings is 1. The summed E-state index contributed by atoms with van der Waals surface area (Å²) < 4.78 is 0. The molecule has 1 aromatic rings. The minimum Gasteiger partial charge on any atom is -0.506 e. The Bertz CT molecular complexity index is 346. The molecule has 0 amide bonds. The first-order valence-electron chi connectivity index (χ1n) is 3.76. The van der Waals surface area contributed by atoms with Crippen molar-refractivity contribution in [1.29, 1.82) is 5.26 Å². The molecule has 3 N–H and O–H groups in total. The molecule has 0 saturated heterocycles. The van der Waals surface area contributed by atoms with Crippen molar-refractivity contribution in [3.05, 3.63) is 28.8 Å². The fraction of sp³-hybridized carbons (Fsp3) is 0.222. The van der Waals surface area contributed by atoms with Gasteiger partial charge in [0.15, 0.2) is 0 Å². The Balaban J connectivity index is 3.02. The normalized spacial score (nSPS) is 12.1. The quantitative estimate of drug-likeness (QED) is 0.760. The predicted molar refractivity (Wildman–Crippen MR) is 50.3 cm³/mol. The summed E-state index contributed by atoms with van der Waals surface area (Å²) in [6, 6.07) is 6.36. The van der Waals surface area contributed by atoms with Gasteiger partial charge in [-0.3, -0.25) is 0 Å². The van der Waals surface area contributed by atoms with Gasteiger partial charge in [-0.25, -0.2) is 0 Å². The third-order valence-corrected chi connectivity index (χ3v) is 2.03. The molecule has 0 aliphatic heterocycles. The van der Waals surface area contributed by atoms with Crippen molar-refractivity contribution in [3.63, 3.8) is 0 Å². The third-order valence-electron chi connectivity index (χ3n) is 1.73. The average Bonchev–Trinajstić information content (AvgIpc) is 2.10. The Morgan fingerprint density at radius 2 is 2.31 bits per heavy atom. The highest BCUT2D eigenvalue weighted by Crippen LogP contribution is 2.31. The van der Waals surface area contributed by atoms with Gasteiger partial charge in [0.2, 0.25) is 0 Å². The summed E-state index contributed by atoms with van der Waals surface area (Å²) >= 11 is 5.67. The summed E-state index contributed by atoms with van der Waals surface area (Å²) in [5.41, 5.74) is 6.14. The molecule has 0 saturated carbocycles. The summed E-state index contributed by atoms with van der Waals surface area (Å²) in [6.07, 6.45) is 0.161. The maximum Gasteiger partial charge on any atom is 0.138 e. The molecule has 13 heavy (non-hydrogen) atoms. The molecule has 0 heterocycles. The fourth-order valence-corrected chi connectivity index (χ4v) is 1.22. The molecule has 68 valence electrons. The van der Waals surface area contributed by atoms with Gasteiger partial charge in [-0.05, 0) is 6.07 Å². The van der Waals surface area contributed by atoms with Crippen LogP contribution in [0.4, 0.5) is 0 Å². The van der Waals surface area contributed by atoms with E-state index in [1.54, 1.807) is 18.2 Å². The first-order valence-corrected chi connectivity index (χ1v) is 4.14. The fourth-order valence-electron chi connectivity index (χ4n) is 1.04. The molecule has 0 bridgehead atoms. The van der Waals surface area contributed by atoms with E-state index in [0.29, 0.717) is 5.56 Å². The number of halogens is 1.